The predicted molar refractivity (Wildman–Crippen MR) is 82.5 cm³/mol. The summed E-state index contributed by atoms with van der Waals surface area (Å²) in [6.45, 7) is 2.54. The topological polar surface area (TPSA) is 40.7 Å². The summed E-state index contributed by atoms with van der Waals surface area (Å²) in [5.41, 5.74) is 3.55. The number of aromatic nitrogens is 2. The Bertz CT molecular complexity index is 735. The number of nitrogens with zero attached hydrogens (tertiary/aromatic N) is 1. The van der Waals surface area contributed by atoms with Gasteiger partial charge in [0.2, 0.25) is 0 Å². The van der Waals surface area contributed by atoms with Crippen LogP contribution in [0.25, 0.3) is 11.3 Å². The summed E-state index contributed by atoms with van der Waals surface area (Å²) in [5.74, 6) is 0.578. The van der Waals surface area contributed by atoms with Crippen molar-refractivity contribution in [2.24, 2.45) is 0 Å². The molecule has 21 heavy (non-hydrogen) atoms. The van der Waals surface area contributed by atoms with Crippen LogP contribution in [0.2, 0.25) is 0 Å². The zero-order valence-corrected chi connectivity index (χ0v) is 11.7. The molecule has 0 aliphatic heterocycles. The van der Waals surface area contributed by atoms with E-state index < -0.39 is 0 Å². The fourth-order valence-electron chi connectivity index (χ4n) is 2.26. The third-order valence-corrected chi connectivity index (χ3v) is 3.27. The van der Waals surface area contributed by atoms with Gasteiger partial charge in [-0.1, -0.05) is 30.3 Å². The molecule has 106 valence electrons. The molecule has 2 aromatic carbocycles. The Morgan fingerprint density at radius 3 is 2.67 bits per heavy atom. The molecule has 1 heterocycles. The molecule has 0 saturated carbocycles. The summed E-state index contributed by atoms with van der Waals surface area (Å²) in [5, 5.41) is 3.30. The van der Waals surface area contributed by atoms with Gasteiger partial charge in [-0.05, 0) is 31.2 Å². The number of anilines is 1. The summed E-state index contributed by atoms with van der Waals surface area (Å²) >= 11 is 0. The van der Waals surface area contributed by atoms with Crippen molar-refractivity contribution >= 4 is 5.69 Å². The van der Waals surface area contributed by atoms with Crippen LogP contribution in [0.1, 0.15) is 11.5 Å². The van der Waals surface area contributed by atoms with E-state index in [2.05, 4.69) is 15.3 Å². The van der Waals surface area contributed by atoms with E-state index in [0.717, 1.165) is 28.5 Å². The Kier molecular flexibility index (Phi) is 3.69. The molecule has 3 nitrogen and oxygen atoms in total. The number of imidazole rings is 1. The highest BCUT2D eigenvalue weighted by molar-refractivity contribution is 5.62. The first-order valence-corrected chi connectivity index (χ1v) is 6.83. The molecule has 0 fully saturated rings. The van der Waals surface area contributed by atoms with Crippen LogP contribution < -0.4 is 5.32 Å². The number of aromatic amines is 1. The van der Waals surface area contributed by atoms with E-state index in [9.17, 15) is 4.39 Å². The van der Waals surface area contributed by atoms with Crippen molar-refractivity contribution in [1.29, 1.82) is 0 Å². The van der Waals surface area contributed by atoms with Gasteiger partial charge < -0.3 is 10.3 Å². The molecule has 0 unspecified atom stereocenters. The smallest absolute Gasteiger partial charge is 0.126 e. The second-order valence-corrected chi connectivity index (χ2v) is 4.89. The van der Waals surface area contributed by atoms with Gasteiger partial charge in [-0.15, -0.1) is 0 Å². The van der Waals surface area contributed by atoms with Crippen LogP contribution in [-0.4, -0.2) is 9.97 Å². The molecule has 3 rings (SSSR count). The van der Waals surface area contributed by atoms with Crippen molar-refractivity contribution in [1.82, 2.24) is 9.97 Å². The SMILES string of the molecule is Cc1[nH]c(CNc2ccccc2)nc1-c1cccc(F)c1. The first kappa shape index (κ1) is 13.4. The maximum absolute atomic E-state index is 13.3. The Morgan fingerprint density at radius 1 is 1.10 bits per heavy atom. The first-order chi connectivity index (χ1) is 10.2. The van der Waals surface area contributed by atoms with Gasteiger partial charge in [0, 0.05) is 16.9 Å². The highest BCUT2D eigenvalue weighted by atomic mass is 19.1. The maximum Gasteiger partial charge on any atom is 0.126 e. The fourth-order valence-corrected chi connectivity index (χ4v) is 2.26. The molecule has 0 aliphatic carbocycles. The number of rotatable bonds is 4. The third-order valence-electron chi connectivity index (χ3n) is 3.27. The van der Waals surface area contributed by atoms with E-state index in [4.69, 9.17) is 0 Å². The summed E-state index contributed by atoms with van der Waals surface area (Å²) in [7, 11) is 0. The highest BCUT2D eigenvalue weighted by Crippen LogP contribution is 2.22. The quantitative estimate of drug-likeness (QED) is 0.754. The highest BCUT2D eigenvalue weighted by Gasteiger charge is 2.09. The lowest BCUT2D eigenvalue weighted by Crippen LogP contribution is -2.00. The average molecular weight is 281 g/mol. The molecule has 3 aromatic rings. The molecule has 0 radical (unpaired) electrons. The number of nitrogens with one attached hydrogen (secondary N) is 2. The van der Waals surface area contributed by atoms with Crippen LogP contribution in [0.3, 0.4) is 0 Å². The lowest BCUT2D eigenvalue weighted by Gasteiger charge is -2.03. The van der Waals surface area contributed by atoms with Gasteiger partial charge in [0.25, 0.3) is 0 Å². The molecule has 0 atom stereocenters. The van der Waals surface area contributed by atoms with E-state index in [1.807, 2.05) is 43.3 Å². The van der Waals surface area contributed by atoms with Gasteiger partial charge in [0.1, 0.15) is 11.6 Å². The molecule has 0 saturated heterocycles. The Balaban J connectivity index is 1.78. The van der Waals surface area contributed by atoms with Crippen molar-refractivity contribution in [2.45, 2.75) is 13.5 Å². The van der Waals surface area contributed by atoms with Gasteiger partial charge in [-0.25, -0.2) is 9.37 Å². The van der Waals surface area contributed by atoms with Crippen molar-refractivity contribution in [2.75, 3.05) is 5.32 Å². The molecular weight excluding hydrogens is 265 g/mol. The van der Waals surface area contributed by atoms with Crippen LogP contribution >= 0.6 is 0 Å². The van der Waals surface area contributed by atoms with Gasteiger partial charge in [-0.2, -0.15) is 0 Å². The molecule has 1 aromatic heterocycles. The van der Waals surface area contributed by atoms with Gasteiger partial charge in [-0.3, -0.25) is 0 Å². The van der Waals surface area contributed by atoms with Crippen molar-refractivity contribution in [3.05, 3.63) is 71.9 Å². The van der Waals surface area contributed by atoms with Crippen molar-refractivity contribution in [3.63, 3.8) is 0 Å². The normalized spacial score (nSPS) is 10.6. The molecule has 0 aliphatic rings. The zero-order valence-electron chi connectivity index (χ0n) is 11.7. The Morgan fingerprint density at radius 2 is 1.90 bits per heavy atom. The first-order valence-electron chi connectivity index (χ1n) is 6.83. The van der Waals surface area contributed by atoms with E-state index in [1.165, 1.54) is 12.1 Å². The van der Waals surface area contributed by atoms with E-state index >= 15 is 0 Å². The Hall–Kier alpha value is -2.62. The number of benzene rings is 2. The largest absolute Gasteiger partial charge is 0.378 e. The molecule has 0 spiro atoms. The van der Waals surface area contributed by atoms with Crippen LogP contribution in [0, 0.1) is 12.7 Å². The van der Waals surface area contributed by atoms with Crippen LogP contribution in [0.5, 0.6) is 0 Å². The summed E-state index contributed by atoms with van der Waals surface area (Å²) in [4.78, 5) is 7.79. The number of H-pyrrole nitrogens is 1. The van der Waals surface area contributed by atoms with Crippen LogP contribution in [0.4, 0.5) is 10.1 Å². The fraction of sp³-hybridized carbons (Fsp3) is 0.118. The number of hydrogen-bond donors (Lipinski definition) is 2. The second kappa shape index (κ2) is 5.79. The van der Waals surface area contributed by atoms with E-state index in [1.54, 1.807) is 6.07 Å². The predicted octanol–water partition coefficient (Wildman–Crippen LogP) is 4.14. The van der Waals surface area contributed by atoms with Gasteiger partial charge in [0.05, 0.1) is 12.2 Å². The minimum Gasteiger partial charge on any atom is -0.378 e. The maximum atomic E-state index is 13.3. The second-order valence-electron chi connectivity index (χ2n) is 4.89. The minimum atomic E-state index is -0.251. The summed E-state index contributed by atoms with van der Waals surface area (Å²) in [6, 6.07) is 16.4. The standard InChI is InChI=1S/C17H16FN3/c1-12-17(13-6-5-7-14(18)10-13)21-16(20-12)11-19-15-8-3-2-4-9-15/h2-10,19H,11H2,1H3,(H,20,21). The molecule has 2 N–H and O–H groups in total. The van der Waals surface area contributed by atoms with E-state index in [0.29, 0.717) is 6.54 Å². The average Bonchev–Trinajstić information content (AvgIpc) is 2.87. The lowest BCUT2D eigenvalue weighted by molar-refractivity contribution is 0.628. The van der Waals surface area contributed by atoms with Crippen LogP contribution in [0.15, 0.2) is 54.6 Å². The summed E-state index contributed by atoms with van der Waals surface area (Å²) < 4.78 is 13.3. The number of para-hydroxylation sites is 1. The zero-order chi connectivity index (χ0) is 14.7. The van der Waals surface area contributed by atoms with Crippen molar-refractivity contribution < 1.29 is 4.39 Å². The Labute approximate surface area is 122 Å². The lowest BCUT2D eigenvalue weighted by atomic mass is 10.1. The summed E-state index contributed by atoms with van der Waals surface area (Å²) in [6.07, 6.45) is 0. The van der Waals surface area contributed by atoms with Crippen molar-refractivity contribution in [3.8, 4) is 11.3 Å². The van der Waals surface area contributed by atoms with E-state index in [-0.39, 0.29) is 5.82 Å². The third kappa shape index (κ3) is 3.11. The number of halogens is 1. The number of hydrogen-bond acceptors (Lipinski definition) is 2. The molecular formula is C17H16FN3. The van der Waals surface area contributed by atoms with Crippen LogP contribution in [-0.2, 0) is 6.54 Å². The minimum absolute atomic E-state index is 0.251. The molecule has 4 heteroatoms. The van der Waals surface area contributed by atoms with Gasteiger partial charge >= 0.3 is 0 Å². The van der Waals surface area contributed by atoms with Gasteiger partial charge in [0.15, 0.2) is 0 Å². The molecule has 0 amide bonds. The molecule has 0 bridgehead atoms. The number of aryl methyl sites for hydroxylation is 1. The monoisotopic (exact) mass is 281 g/mol.